The van der Waals surface area contributed by atoms with Crippen LogP contribution in [0.5, 0.6) is 0 Å². The number of hydrogen-bond donors (Lipinski definition) is 1. The van der Waals surface area contributed by atoms with Gasteiger partial charge in [-0.3, -0.25) is 0 Å². The molecule has 2 N–H and O–H groups in total. The second-order valence-electron chi connectivity index (χ2n) is 3.71. The van der Waals surface area contributed by atoms with Gasteiger partial charge >= 0.3 is 0 Å². The number of rotatable bonds is 4. The summed E-state index contributed by atoms with van der Waals surface area (Å²) < 4.78 is 14.5. The Kier molecular flexibility index (Phi) is 4.74. The van der Waals surface area contributed by atoms with Gasteiger partial charge in [0.2, 0.25) is 0 Å². The fraction of sp³-hybridized carbons (Fsp3) is 0.154. The molecule has 5 heteroatoms. The SMILES string of the molecule is NCc1ccc(F)c(CSc2ncccc2Br)c1. The van der Waals surface area contributed by atoms with Gasteiger partial charge in [-0.15, -0.1) is 11.8 Å². The summed E-state index contributed by atoms with van der Waals surface area (Å²) in [6, 6.07) is 8.75. The third kappa shape index (κ3) is 3.31. The van der Waals surface area contributed by atoms with Gasteiger partial charge in [0.15, 0.2) is 0 Å². The Morgan fingerprint density at radius 2 is 2.17 bits per heavy atom. The number of halogens is 2. The average Bonchev–Trinajstić information content (AvgIpc) is 2.39. The van der Waals surface area contributed by atoms with Gasteiger partial charge in [0.05, 0.1) is 0 Å². The number of benzene rings is 1. The van der Waals surface area contributed by atoms with Crippen molar-refractivity contribution >= 4 is 27.7 Å². The van der Waals surface area contributed by atoms with Crippen LogP contribution in [-0.2, 0) is 12.3 Å². The second kappa shape index (κ2) is 6.31. The van der Waals surface area contributed by atoms with E-state index in [0.29, 0.717) is 17.9 Å². The molecule has 94 valence electrons. The summed E-state index contributed by atoms with van der Waals surface area (Å²) in [5, 5.41) is 0.857. The minimum Gasteiger partial charge on any atom is -0.326 e. The Morgan fingerprint density at radius 1 is 1.33 bits per heavy atom. The second-order valence-corrected chi connectivity index (χ2v) is 5.53. The van der Waals surface area contributed by atoms with E-state index in [-0.39, 0.29) is 5.82 Å². The van der Waals surface area contributed by atoms with Crippen molar-refractivity contribution in [2.24, 2.45) is 5.73 Å². The van der Waals surface area contributed by atoms with Crippen molar-refractivity contribution in [3.05, 3.63) is 57.9 Å². The Morgan fingerprint density at radius 3 is 2.89 bits per heavy atom. The van der Waals surface area contributed by atoms with E-state index in [2.05, 4.69) is 20.9 Å². The normalized spacial score (nSPS) is 10.6. The fourth-order valence-corrected chi connectivity index (χ4v) is 2.94. The Labute approximate surface area is 118 Å². The minimum absolute atomic E-state index is 0.202. The molecule has 0 amide bonds. The molecule has 0 aliphatic carbocycles. The summed E-state index contributed by atoms with van der Waals surface area (Å²) in [4.78, 5) is 4.23. The van der Waals surface area contributed by atoms with Crippen LogP contribution in [0, 0.1) is 5.82 Å². The van der Waals surface area contributed by atoms with Crippen molar-refractivity contribution in [1.82, 2.24) is 4.98 Å². The van der Waals surface area contributed by atoms with E-state index in [9.17, 15) is 4.39 Å². The van der Waals surface area contributed by atoms with Gasteiger partial charge in [0.1, 0.15) is 10.8 Å². The van der Waals surface area contributed by atoms with E-state index >= 15 is 0 Å². The standard InChI is InChI=1S/C13H12BrFN2S/c14-11-2-1-5-17-13(11)18-8-10-6-9(7-16)3-4-12(10)15/h1-6H,7-8,16H2. The van der Waals surface area contributed by atoms with E-state index in [4.69, 9.17) is 5.73 Å². The molecule has 0 unspecified atom stereocenters. The molecule has 0 saturated heterocycles. The molecule has 0 aliphatic rings. The predicted molar refractivity (Wildman–Crippen MR) is 75.8 cm³/mol. The van der Waals surface area contributed by atoms with Crippen LogP contribution < -0.4 is 5.73 Å². The zero-order chi connectivity index (χ0) is 13.0. The van der Waals surface area contributed by atoms with Gasteiger partial charge in [0.25, 0.3) is 0 Å². The van der Waals surface area contributed by atoms with Gasteiger partial charge in [-0.2, -0.15) is 0 Å². The summed E-state index contributed by atoms with van der Waals surface area (Å²) in [6.45, 7) is 0.422. The predicted octanol–water partition coefficient (Wildman–Crippen LogP) is 3.73. The molecule has 2 aromatic rings. The van der Waals surface area contributed by atoms with Gasteiger partial charge in [-0.1, -0.05) is 12.1 Å². The summed E-state index contributed by atoms with van der Waals surface area (Å²) in [5.74, 6) is 0.335. The average molecular weight is 327 g/mol. The third-order valence-corrected chi connectivity index (χ3v) is 4.39. The van der Waals surface area contributed by atoms with Crippen LogP contribution in [0.25, 0.3) is 0 Å². The number of thioether (sulfide) groups is 1. The molecule has 1 heterocycles. The van der Waals surface area contributed by atoms with E-state index < -0.39 is 0 Å². The van der Waals surface area contributed by atoms with Crippen molar-refractivity contribution < 1.29 is 4.39 Å². The monoisotopic (exact) mass is 326 g/mol. The lowest BCUT2D eigenvalue weighted by atomic mass is 10.1. The Hall–Kier alpha value is -0.910. The smallest absolute Gasteiger partial charge is 0.127 e. The zero-order valence-electron chi connectivity index (χ0n) is 9.57. The number of pyridine rings is 1. The maximum Gasteiger partial charge on any atom is 0.127 e. The molecule has 18 heavy (non-hydrogen) atoms. The first kappa shape index (κ1) is 13.5. The number of aromatic nitrogens is 1. The molecular weight excluding hydrogens is 315 g/mol. The number of nitrogens with two attached hydrogens (primary N) is 1. The van der Waals surface area contributed by atoms with Gasteiger partial charge in [0, 0.05) is 23.0 Å². The molecule has 0 atom stereocenters. The molecule has 0 bridgehead atoms. The van der Waals surface area contributed by atoms with E-state index in [0.717, 1.165) is 15.1 Å². The highest BCUT2D eigenvalue weighted by molar-refractivity contribution is 9.10. The van der Waals surface area contributed by atoms with Crippen LogP contribution in [0.15, 0.2) is 46.0 Å². The number of nitrogens with zero attached hydrogens (tertiary/aromatic N) is 1. The van der Waals surface area contributed by atoms with E-state index in [1.807, 2.05) is 12.1 Å². The fourth-order valence-electron chi connectivity index (χ4n) is 1.49. The Bertz CT molecular complexity index is 548. The van der Waals surface area contributed by atoms with Gasteiger partial charge in [-0.05, 0) is 45.3 Å². The first-order valence-corrected chi connectivity index (χ1v) is 7.19. The molecule has 0 spiro atoms. The minimum atomic E-state index is -0.202. The summed E-state index contributed by atoms with van der Waals surface area (Å²) in [6.07, 6.45) is 1.72. The summed E-state index contributed by atoms with van der Waals surface area (Å²) in [7, 11) is 0. The quantitative estimate of drug-likeness (QED) is 0.870. The molecule has 0 saturated carbocycles. The van der Waals surface area contributed by atoms with Crippen molar-refractivity contribution in [1.29, 1.82) is 0 Å². The van der Waals surface area contributed by atoms with Crippen LogP contribution in [0.2, 0.25) is 0 Å². The third-order valence-electron chi connectivity index (χ3n) is 2.43. The highest BCUT2D eigenvalue weighted by Crippen LogP contribution is 2.28. The molecule has 0 fully saturated rings. The molecule has 0 radical (unpaired) electrons. The Balaban J connectivity index is 2.13. The van der Waals surface area contributed by atoms with Crippen LogP contribution in [0.3, 0.4) is 0 Å². The lowest BCUT2D eigenvalue weighted by Crippen LogP contribution is -1.98. The molecule has 2 rings (SSSR count). The van der Waals surface area contributed by atoms with Gasteiger partial charge in [-0.25, -0.2) is 9.37 Å². The topological polar surface area (TPSA) is 38.9 Å². The van der Waals surface area contributed by atoms with Gasteiger partial charge < -0.3 is 5.73 Å². The van der Waals surface area contributed by atoms with Crippen LogP contribution in [0.4, 0.5) is 4.39 Å². The van der Waals surface area contributed by atoms with Crippen LogP contribution in [0.1, 0.15) is 11.1 Å². The molecule has 1 aromatic carbocycles. The summed E-state index contributed by atoms with van der Waals surface area (Å²) >= 11 is 4.91. The lowest BCUT2D eigenvalue weighted by Gasteiger charge is -2.06. The molecule has 1 aromatic heterocycles. The van der Waals surface area contributed by atoms with Crippen molar-refractivity contribution in [3.63, 3.8) is 0 Å². The highest BCUT2D eigenvalue weighted by atomic mass is 79.9. The number of hydrogen-bond acceptors (Lipinski definition) is 3. The van der Waals surface area contributed by atoms with Crippen molar-refractivity contribution in [2.75, 3.05) is 0 Å². The highest BCUT2D eigenvalue weighted by Gasteiger charge is 2.06. The summed E-state index contributed by atoms with van der Waals surface area (Å²) in [5.41, 5.74) is 7.14. The maximum atomic E-state index is 13.6. The molecular formula is C13H12BrFN2S. The van der Waals surface area contributed by atoms with E-state index in [1.165, 1.54) is 17.8 Å². The zero-order valence-corrected chi connectivity index (χ0v) is 12.0. The first-order chi connectivity index (χ1) is 8.70. The molecule has 0 aliphatic heterocycles. The van der Waals surface area contributed by atoms with Crippen molar-refractivity contribution in [3.8, 4) is 0 Å². The molecule has 2 nitrogen and oxygen atoms in total. The lowest BCUT2D eigenvalue weighted by molar-refractivity contribution is 0.616. The van der Waals surface area contributed by atoms with Crippen LogP contribution in [-0.4, -0.2) is 4.98 Å². The first-order valence-electron chi connectivity index (χ1n) is 5.41. The van der Waals surface area contributed by atoms with Crippen molar-refractivity contribution in [2.45, 2.75) is 17.3 Å². The largest absolute Gasteiger partial charge is 0.326 e. The van der Waals surface area contributed by atoms with Crippen LogP contribution >= 0.6 is 27.7 Å². The van der Waals surface area contributed by atoms with E-state index in [1.54, 1.807) is 18.3 Å². The maximum absolute atomic E-state index is 13.6.